The van der Waals surface area contributed by atoms with Crippen LogP contribution >= 0.6 is 0 Å². The molecule has 1 aliphatic heterocycles. The van der Waals surface area contributed by atoms with Crippen LogP contribution in [-0.2, 0) is 14.8 Å². The summed E-state index contributed by atoms with van der Waals surface area (Å²) in [4.78, 5) is 26.4. The molecule has 8 nitrogen and oxygen atoms in total. The van der Waals surface area contributed by atoms with Crippen LogP contribution in [0.4, 0.5) is 5.69 Å². The molecular weight excluding hydrogens is 404 g/mol. The fraction of sp³-hybridized carbons (Fsp3) is 0.619. The Bertz CT molecular complexity index is 866. The number of rotatable bonds is 9. The van der Waals surface area contributed by atoms with E-state index in [0.717, 1.165) is 17.1 Å². The molecule has 0 saturated carbocycles. The Hall–Kier alpha value is -2.13. The Morgan fingerprint density at radius 1 is 1.23 bits per heavy atom. The van der Waals surface area contributed by atoms with Gasteiger partial charge in [-0.1, -0.05) is 26.7 Å². The molecule has 9 heteroatoms. The third-order valence-electron chi connectivity index (χ3n) is 5.79. The van der Waals surface area contributed by atoms with Gasteiger partial charge in [0.25, 0.3) is 5.91 Å². The highest BCUT2D eigenvalue weighted by atomic mass is 32.2. The van der Waals surface area contributed by atoms with E-state index in [0.29, 0.717) is 37.5 Å². The summed E-state index contributed by atoms with van der Waals surface area (Å²) >= 11 is 0. The number of benzene rings is 1. The van der Waals surface area contributed by atoms with Crippen LogP contribution in [0.1, 0.15) is 49.9 Å². The highest BCUT2D eigenvalue weighted by Crippen LogP contribution is 2.25. The van der Waals surface area contributed by atoms with E-state index in [-0.39, 0.29) is 28.8 Å². The molecule has 1 aromatic rings. The van der Waals surface area contributed by atoms with Gasteiger partial charge in [-0.15, -0.1) is 0 Å². The molecule has 1 atom stereocenters. The molecule has 1 aliphatic rings. The van der Waals surface area contributed by atoms with Crippen LogP contribution in [0.5, 0.6) is 0 Å². The van der Waals surface area contributed by atoms with Gasteiger partial charge in [-0.2, -0.15) is 0 Å². The predicted molar refractivity (Wildman–Crippen MR) is 118 cm³/mol. The van der Waals surface area contributed by atoms with E-state index in [4.69, 9.17) is 5.73 Å². The van der Waals surface area contributed by atoms with Crippen LogP contribution in [0, 0.1) is 11.8 Å². The largest absolute Gasteiger partial charge is 0.385 e. The van der Waals surface area contributed by atoms with Crippen molar-refractivity contribution in [3.05, 3.63) is 23.8 Å². The monoisotopic (exact) mass is 438 g/mol. The second-order valence-electron chi connectivity index (χ2n) is 8.09. The smallest absolute Gasteiger partial charge is 0.253 e. The maximum absolute atomic E-state index is 13.2. The van der Waals surface area contributed by atoms with Crippen LogP contribution in [0.2, 0.25) is 0 Å². The van der Waals surface area contributed by atoms with E-state index in [1.54, 1.807) is 17.0 Å². The first-order valence-electron chi connectivity index (χ1n) is 10.5. The maximum atomic E-state index is 13.2. The number of primary amides is 1. The number of anilines is 1. The average Bonchev–Trinajstić information content (AvgIpc) is 2.73. The molecule has 1 saturated heterocycles. The number of nitrogens with zero attached hydrogens (tertiary/aromatic N) is 2. The summed E-state index contributed by atoms with van der Waals surface area (Å²) in [6.07, 6.45) is 3.37. The lowest BCUT2D eigenvalue weighted by Gasteiger charge is -2.31. The Labute approximate surface area is 179 Å². The van der Waals surface area contributed by atoms with E-state index in [1.807, 2.05) is 0 Å². The number of carbonyl (C=O) groups is 2. The van der Waals surface area contributed by atoms with Crippen LogP contribution in [0.3, 0.4) is 0 Å². The summed E-state index contributed by atoms with van der Waals surface area (Å²) in [7, 11) is -0.788. The molecule has 0 bridgehead atoms. The Kier molecular flexibility index (Phi) is 8.25. The topological polar surface area (TPSA) is 113 Å². The molecule has 1 aromatic carbocycles. The predicted octanol–water partition coefficient (Wildman–Crippen LogP) is 2.12. The molecule has 168 valence electrons. The van der Waals surface area contributed by atoms with Crippen molar-refractivity contribution in [3.8, 4) is 0 Å². The van der Waals surface area contributed by atoms with Crippen molar-refractivity contribution in [1.82, 2.24) is 9.21 Å². The summed E-state index contributed by atoms with van der Waals surface area (Å²) in [5.74, 6) is -0.619. The number of nitrogens with two attached hydrogens (primary N) is 1. The molecule has 0 aromatic heterocycles. The van der Waals surface area contributed by atoms with Gasteiger partial charge in [0.2, 0.25) is 15.9 Å². The van der Waals surface area contributed by atoms with Crippen molar-refractivity contribution >= 4 is 27.5 Å². The fourth-order valence-corrected chi connectivity index (χ4v) is 4.57. The first-order valence-corrected chi connectivity index (χ1v) is 11.9. The van der Waals surface area contributed by atoms with Crippen molar-refractivity contribution < 1.29 is 18.0 Å². The first-order chi connectivity index (χ1) is 14.1. The Balaban J connectivity index is 2.38. The van der Waals surface area contributed by atoms with Crippen molar-refractivity contribution in [2.75, 3.05) is 39.0 Å². The third kappa shape index (κ3) is 5.72. The van der Waals surface area contributed by atoms with Gasteiger partial charge in [-0.25, -0.2) is 12.7 Å². The molecule has 1 unspecified atom stereocenters. The number of hydrogen-bond acceptors (Lipinski definition) is 5. The second kappa shape index (κ2) is 10.3. The number of nitrogens with one attached hydrogen (secondary N) is 1. The Morgan fingerprint density at radius 2 is 1.90 bits per heavy atom. The van der Waals surface area contributed by atoms with Gasteiger partial charge in [-0.3, -0.25) is 9.59 Å². The lowest BCUT2D eigenvalue weighted by Crippen LogP contribution is -2.44. The van der Waals surface area contributed by atoms with Crippen LogP contribution in [-0.4, -0.2) is 63.2 Å². The highest BCUT2D eigenvalue weighted by molar-refractivity contribution is 7.89. The number of likely N-dealkylation sites (tertiary alicyclic amines) is 1. The molecule has 2 amide bonds. The van der Waals surface area contributed by atoms with Gasteiger partial charge in [0.1, 0.15) is 0 Å². The average molecular weight is 439 g/mol. The van der Waals surface area contributed by atoms with Crippen molar-refractivity contribution in [1.29, 1.82) is 0 Å². The molecule has 2 rings (SSSR count). The minimum atomic E-state index is -3.71. The van der Waals surface area contributed by atoms with Gasteiger partial charge in [-0.05, 0) is 37.0 Å². The summed E-state index contributed by atoms with van der Waals surface area (Å²) in [5.41, 5.74) is 6.31. The minimum absolute atomic E-state index is 0.0638. The molecule has 0 spiro atoms. The van der Waals surface area contributed by atoms with E-state index < -0.39 is 15.9 Å². The van der Waals surface area contributed by atoms with Gasteiger partial charge in [0, 0.05) is 45.0 Å². The SMILES string of the molecule is CCC(CC)CNc1cc(C(=O)N2CCCC(C(N)=O)C2)cc(S(=O)(=O)N(C)C)c1. The standard InChI is InChI=1S/C21H34N4O4S/c1-5-15(6-2)13-23-18-10-17(11-19(12-18)30(28,29)24(3)4)21(27)25-9-7-8-16(14-25)20(22)26/h10-12,15-16,23H,5-9,13-14H2,1-4H3,(H2,22,26). The second-order valence-corrected chi connectivity index (χ2v) is 10.2. The summed E-state index contributed by atoms with van der Waals surface area (Å²) in [5, 5.41) is 3.30. The van der Waals surface area contributed by atoms with E-state index >= 15 is 0 Å². The summed E-state index contributed by atoms with van der Waals surface area (Å²) in [6, 6.07) is 4.66. The molecular formula is C21H34N4O4S. The molecule has 3 N–H and O–H groups in total. The van der Waals surface area contributed by atoms with Crippen LogP contribution in [0.15, 0.2) is 23.1 Å². The number of hydrogen-bond donors (Lipinski definition) is 2. The van der Waals surface area contributed by atoms with Crippen molar-refractivity contribution in [2.45, 2.75) is 44.4 Å². The molecule has 30 heavy (non-hydrogen) atoms. The zero-order chi connectivity index (χ0) is 22.5. The van der Waals surface area contributed by atoms with E-state index in [2.05, 4.69) is 19.2 Å². The minimum Gasteiger partial charge on any atom is -0.385 e. The van der Waals surface area contributed by atoms with Gasteiger partial charge in [0.15, 0.2) is 0 Å². The highest BCUT2D eigenvalue weighted by Gasteiger charge is 2.29. The number of sulfonamides is 1. The van der Waals surface area contributed by atoms with Crippen molar-refractivity contribution in [3.63, 3.8) is 0 Å². The zero-order valence-corrected chi connectivity index (χ0v) is 19.2. The van der Waals surface area contributed by atoms with E-state index in [9.17, 15) is 18.0 Å². The van der Waals surface area contributed by atoms with Gasteiger partial charge in [0.05, 0.1) is 10.8 Å². The lowest BCUT2D eigenvalue weighted by molar-refractivity contribution is -0.123. The van der Waals surface area contributed by atoms with Crippen LogP contribution in [0.25, 0.3) is 0 Å². The maximum Gasteiger partial charge on any atom is 0.253 e. The number of amides is 2. The summed E-state index contributed by atoms with van der Waals surface area (Å²) in [6.45, 7) is 5.70. The number of piperidine rings is 1. The summed E-state index contributed by atoms with van der Waals surface area (Å²) < 4.78 is 26.6. The third-order valence-corrected chi connectivity index (χ3v) is 7.59. The van der Waals surface area contributed by atoms with E-state index in [1.165, 1.54) is 20.2 Å². The molecule has 0 radical (unpaired) electrons. The fourth-order valence-electron chi connectivity index (χ4n) is 3.60. The van der Waals surface area contributed by atoms with Gasteiger partial charge >= 0.3 is 0 Å². The zero-order valence-electron chi connectivity index (χ0n) is 18.3. The first kappa shape index (κ1) is 24.1. The van der Waals surface area contributed by atoms with Crippen LogP contribution < -0.4 is 11.1 Å². The van der Waals surface area contributed by atoms with Gasteiger partial charge < -0.3 is 16.0 Å². The van der Waals surface area contributed by atoms with Crippen molar-refractivity contribution in [2.24, 2.45) is 17.6 Å². The number of carbonyl (C=O) groups excluding carboxylic acids is 2. The molecule has 1 heterocycles. The Morgan fingerprint density at radius 3 is 2.47 bits per heavy atom. The lowest BCUT2D eigenvalue weighted by atomic mass is 9.97. The normalized spacial score (nSPS) is 17.4. The molecule has 1 fully saturated rings. The quantitative estimate of drug-likeness (QED) is 0.613. The molecule has 0 aliphatic carbocycles.